The Bertz CT molecular complexity index is 251. The molecule has 17 heavy (non-hydrogen) atoms. The van der Waals surface area contributed by atoms with E-state index in [1.54, 1.807) is 0 Å². The molecule has 1 amide bonds. The summed E-state index contributed by atoms with van der Waals surface area (Å²) in [4.78, 5) is 14.3. The van der Waals surface area contributed by atoms with Gasteiger partial charge >= 0.3 is 0 Å². The van der Waals surface area contributed by atoms with Gasteiger partial charge in [0, 0.05) is 31.6 Å². The second-order valence-corrected chi connectivity index (χ2v) is 5.87. The van der Waals surface area contributed by atoms with Crippen LogP contribution in [0.15, 0.2) is 0 Å². The number of hydrogen-bond donors (Lipinski definition) is 1. The normalized spacial score (nSPS) is 25.7. The molecular weight excluding hydrogens is 212 g/mol. The summed E-state index contributed by atoms with van der Waals surface area (Å²) >= 11 is 0. The molecule has 1 heterocycles. The lowest BCUT2D eigenvalue weighted by Gasteiger charge is -2.43. The number of rotatable bonds is 4. The molecule has 0 radical (unpaired) electrons. The van der Waals surface area contributed by atoms with Gasteiger partial charge in [-0.05, 0) is 18.3 Å². The standard InChI is InChI=1S/C14H28N2O/c1-6-7-14(17)16-9-12(10(2)3)15-8-13(16)11(4)5/h10-13,15H,6-9H2,1-5H3. The predicted octanol–water partition coefficient (Wildman–Crippen LogP) is 2.27. The number of amides is 1. The monoisotopic (exact) mass is 240 g/mol. The number of carbonyl (C=O) groups is 1. The summed E-state index contributed by atoms with van der Waals surface area (Å²) in [7, 11) is 0. The summed E-state index contributed by atoms with van der Waals surface area (Å²) in [6.45, 7) is 12.7. The van der Waals surface area contributed by atoms with Crippen molar-refractivity contribution in [2.45, 2.75) is 59.5 Å². The van der Waals surface area contributed by atoms with Gasteiger partial charge in [-0.1, -0.05) is 34.6 Å². The quantitative estimate of drug-likeness (QED) is 0.817. The Balaban J connectivity index is 2.72. The molecule has 0 aliphatic carbocycles. The van der Waals surface area contributed by atoms with Gasteiger partial charge in [-0.3, -0.25) is 4.79 Å². The van der Waals surface area contributed by atoms with E-state index < -0.39 is 0 Å². The Morgan fingerprint density at radius 3 is 2.41 bits per heavy atom. The fourth-order valence-corrected chi connectivity index (χ4v) is 2.48. The van der Waals surface area contributed by atoms with E-state index in [0.717, 1.165) is 19.5 Å². The Hall–Kier alpha value is -0.570. The van der Waals surface area contributed by atoms with Crippen LogP contribution < -0.4 is 5.32 Å². The van der Waals surface area contributed by atoms with Crippen molar-refractivity contribution in [1.82, 2.24) is 10.2 Å². The van der Waals surface area contributed by atoms with E-state index >= 15 is 0 Å². The van der Waals surface area contributed by atoms with Gasteiger partial charge in [-0.2, -0.15) is 0 Å². The van der Waals surface area contributed by atoms with Crippen LogP contribution in [-0.4, -0.2) is 36.0 Å². The Morgan fingerprint density at radius 2 is 1.94 bits per heavy atom. The second-order valence-electron chi connectivity index (χ2n) is 5.87. The summed E-state index contributed by atoms with van der Waals surface area (Å²) in [5.74, 6) is 1.44. The summed E-state index contributed by atoms with van der Waals surface area (Å²) in [6.07, 6.45) is 1.63. The topological polar surface area (TPSA) is 32.3 Å². The van der Waals surface area contributed by atoms with Crippen LogP contribution in [0.2, 0.25) is 0 Å². The maximum Gasteiger partial charge on any atom is 0.222 e. The molecule has 1 fully saturated rings. The third-order valence-corrected chi connectivity index (χ3v) is 3.74. The van der Waals surface area contributed by atoms with Gasteiger partial charge in [0.15, 0.2) is 0 Å². The van der Waals surface area contributed by atoms with E-state index in [2.05, 4.69) is 44.8 Å². The van der Waals surface area contributed by atoms with Crippen molar-refractivity contribution in [3.63, 3.8) is 0 Å². The lowest BCUT2D eigenvalue weighted by molar-refractivity contribution is -0.136. The van der Waals surface area contributed by atoms with Crippen LogP contribution in [0, 0.1) is 11.8 Å². The molecule has 0 spiro atoms. The minimum Gasteiger partial charge on any atom is -0.337 e. The first kappa shape index (κ1) is 14.5. The van der Waals surface area contributed by atoms with Gasteiger partial charge in [0.25, 0.3) is 0 Å². The van der Waals surface area contributed by atoms with Crippen molar-refractivity contribution in [3.05, 3.63) is 0 Å². The molecule has 3 nitrogen and oxygen atoms in total. The molecule has 1 aliphatic heterocycles. The summed E-state index contributed by atoms with van der Waals surface area (Å²) in [5, 5.41) is 3.58. The minimum absolute atomic E-state index is 0.332. The van der Waals surface area contributed by atoms with E-state index in [9.17, 15) is 4.79 Å². The fraction of sp³-hybridized carbons (Fsp3) is 0.929. The van der Waals surface area contributed by atoms with Gasteiger partial charge in [-0.25, -0.2) is 0 Å². The maximum absolute atomic E-state index is 12.2. The van der Waals surface area contributed by atoms with Crippen molar-refractivity contribution in [1.29, 1.82) is 0 Å². The molecule has 1 aliphatic rings. The molecule has 1 saturated heterocycles. The highest BCUT2D eigenvalue weighted by atomic mass is 16.2. The fourth-order valence-electron chi connectivity index (χ4n) is 2.48. The van der Waals surface area contributed by atoms with Crippen LogP contribution in [0.5, 0.6) is 0 Å². The van der Waals surface area contributed by atoms with Crippen molar-refractivity contribution >= 4 is 5.91 Å². The lowest BCUT2D eigenvalue weighted by Crippen LogP contribution is -2.61. The highest BCUT2D eigenvalue weighted by Gasteiger charge is 2.33. The number of piperazine rings is 1. The molecule has 3 heteroatoms. The molecule has 0 aromatic carbocycles. The number of hydrogen-bond acceptors (Lipinski definition) is 2. The molecule has 1 rings (SSSR count). The third kappa shape index (κ3) is 3.70. The molecule has 0 aromatic heterocycles. The zero-order valence-electron chi connectivity index (χ0n) is 12.0. The molecule has 0 aromatic rings. The highest BCUT2D eigenvalue weighted by Crippen LogP contribution is 2.19. The number of nitrogens with zero attached hydrogens (tertiary/aromatic N) is 1. The van der Waals surface area contributed by atoms with Crippen molar-refractivity contribution < 1.29 is 4.79 Å². The van der Waals surface area contributed by atoms with Gasteiger partial charge in [0.1, 0.15) is 0 Å². The van der Waals surface area contributed by atoms with Gasteiger partial charge < -0.3 is 10.2 Å². The zero-order valence-corrected chi connectivity index (χ0v) is 12.0. The Labute approximate surface area is 106 Å². The first-order valence-corrected chi connectivity index (χ1v) is 7.00. The minimum atomic E-state index is 0.332. The Kier molecular flexibility index (Phi) is 5.44. The van der Waals surface area contributed by atoms with E-state index in [0.29, 0.717) is 36.2 Å². The van der Waals surface area contributed by atoms with Crippen LogP contribution in [-0.2, 0) is 4.79 Å². The van der Waals surface area contributed by atoms with Gasteiger partial charge in [-0.15, -0.1) is 0 Å². The van der Waals surface area contributed by atoms with Crippen LogP contribution in [0.4, 0.5) is 0 Å². The lowest BCUT2D eigenvalue weighted by atomic mass is 9.94. The number of nitrogens with one attached hydrogen (secondary N) is 1. The molecule has 2 unspecified atom stereocenters. The van der Waals surface area contributed by atoms with Gasteiger partial charge in [0.2, 0.25) is 5.91 Å². The van der Waals surface area contributed by atoms with Crippen LogP contribution in [0.1, 0.15) is 47.5 Å². The average molecular weight is 240 g/mol. The molecule has 0 bridgehead atoms. The average Bonchev–Trinajstić information content (AvgIpc) is 2.28. The largest absolute Gasteiger partial charge is 0.337 e. The van der Waals surface area contributed by atoms with Crippen molar-refractivity contribution in [2.75, 3.05) is 13.1 Å². The van der Waals surface area contributed by atoms with E-state index in [4.69, 9.17) is 0 Å². The molecule has 1 N–H and O–H groups in total. The molecular formula is C14H28N2O. The zero-order chi connectivity index (χ0) is 13.0. The van der Waals surface area contributed by atoms with Crippen LogP contribution in [0.3, 0.4) is 0 Å². The number of carbonyl (C=O) groups excluding carboxylic acids is 1. The SMILES string of the molecule is CCCC(=O)N1CC(C(C)C)NCC1C(C)C. The van der Waals surface area contributed by atoms with E-state index in [1.165, 1.54) is 0 Å². The second kappa shape index (κ2) is 6.39. The molecule has 0 saturated carbocycles. The first-order chi connectivity index (χ1) is 7.97. The van der Waals surface area contributed by atoms with Crippen molar-refractivity contribution in [3.8, 4) is 0 Å². The van der Waals surface area contributed by atoms with Gasteiger partial charge in [0.05, 0.1) is 0 Å². The Morgan fingerprint density at radius 1 is 1.29 bits per heavy atom. The first-order valence-electron chi connectivity index (χ1n) is 7.00. The van der Waals surface area contributed by atoms with E-state index in [1.807, 2.05) is 0 Å². The van der Waals surface area contributed by atoms with Crippen molar-refractivity contribution in [2.24, 2.45) is 11.8 Å². The maximum atomic E-state index is 12.2. The van der Waals surface area contributed by atoms with E-state index in [-0.39, 0.29) is 0 Å². The molecule has 100 valence electrons. The van der Waals surface area contributed by atoms with Crippen LogP contribution in [0.25, 0.3) is 0 Å². The van der Waals surface area contributed by atoms with Crippen LogP contribution >= 0.6 is 0 Å². The summed E-state index contributed by atoms with van der Waals surface area (Å²) in [5.41, 5.74) is 0. The third-order valence-electron chi connectivity index (χ3n) is 3.74. The predicted molar refractivity (Wildman–Crippen MR) is 71.9 cm³/mol. The summed E-state index contributed by atoms with van der Waals surface area (Å²) in [6, 6.07) is 0.815. The highest BCUT2D eigenvalue weighted by molar-refractivity contribution is 5.76. The summed E-state index contributed by atoms with van der Waals surface area (Å²) < 4.78 is 0. The molecule has 2 atom stereocenters. The smallest absolute Gasteiger partial charge is 0.222 e.